The number of nitrogens with zero attached hydrogens (tertiary/aromatic N) is 1. The van der Waals surface area contributed by atoms with Gasteiger partial charge < -0.3 is 5.32 Å². The zero-order valence-electron chi connectivity index (χ0n) is 11.5. The van der Waals surface area contributed by atoms with Gasteiger partial charge in [0, 0.05) is 29.7 Å². The van der Waals surface area contributed by atoms with Gasteiger partial charge in [0.1, 0.15) is 0 Å². The van der Waals surface area contributed by atoms with E-state index >= 15 is 0 Å². The minimum absolute atomic E-state index is 0.316. The van der Waals surface area contributed by atoms with E-state index in [4.69, 9.17) is 11.6 Å². The molecule has 2 rings (SSSR count). The average Bonchev–Trinajstić information content (AvgIpc) is 2.78. The van der Waals surface area contributed by atoms with Gasteiger partial charge in [-0.25, -0.2) is 0 Å². The van der Waals surface area contributed by atoms with Crippen LogP contribution < -0.4 is 5.32 Å². The number of benzene rings is 1. The molecule has 1 aromatic carbocycles. The zero-order valence-corrected chi connectivity index (χ0v) is 12.2. The molecule has 0 spiro atoms. The molecule has 3 heteroatoms. The highest BCUT2D eigenvalue weighted by molar-refractivity contribution is 6.31. The highest BCUT2D eigenvalue weighted by Gasteiger charge is 2.25. The summed E-state index contributed by atoms with van der Waals surface area (Å²) >= 11 is 6.23. The Balaban J connectivity index is 1.93. The Morgan fingerprint density at radius 2 is 2.00 bits per heavy atom. The van der Waals surface area contributed by atoms with E-state index in [2.05, 4.69) is 43.1 Å². The van der Waals surface area contributed by atoms with Crippen molar-refractivity contribution >= 4 is 11.6 Å². The van der Waals surface area contributed by atoms with Crippen LogP contribution in [0.4, 0.5) is 0 Å². The van der Waals surface area contributed by atoms with E-state index in [1.807, 2.05) is 12.1 Å². The van der Waals surface area contributed by atoms with Crippen LogP contribution in [0.1, 0.15) is 38.8 Å². The molecule has 0 aromatic heterocycles. The van der Waals surface area contributed by atoms with Crippen LogP contribution in [-0.2, 0) is 0 Å². The lowest BCUT2D eigenvalue weighted by Crippen LogP contribution is -2.36. The number of nitrogens with one attached hydrogen (secondary N) is 1. The monoisotopic (exact) mass is 266 g/mol. The van der Waals surface area contributed by atoms with Crippen molar-refractivity contribution in [3.63, 3.8) is 0 Å². The van der Waals surface area contributed by atoms with Gasteiger partial charge in [-0.3, -0.25) is 4.90 Å². The van der Waals surface area contributed by atoms with Crippen LogP contribution in [0.15, 0.2) is 24.3 Å². The Morgan fingerprint density at radius 1 is 1.28 bits per heavy atom. The Hall–Kier alpha value is -0.570. The predicted molar refractivity (Wildman–Crippen MR) is 78.1 cm³/mol. The van der Waals surface area contributed by atoms with Crippen molar-refractivity contribution in [3.8, 4) is 0 Å². The molecule has 0 radical (unpaired) electrons. The molecule has 1 aliphatic rings. The summed E-state index contributed by atoms with van der Waals surface area (Å²) in [5, 5.41) is 4.55. The average molecular weight is 267 g/mol. The zero-order chi connectivity index (χ0) is 13.1. The molecule has 1 unspecified atom stereocenters. The molecule has 1 aliphatic heterocycles. The van der Waals surface area contributed by atoms with Gasteiger partial charge in [0.25, 0.3) is 0 Å². The van der Waals surface area contributed by atoms with Gasteiger partial charge in [-0.2, -0.15) is 0 Å². The van der Waals surface area contributed by atoms with E-state index in [1.165, 1.54) is 18.5 Å². The molecule has 0 amide bonds. The van der Waals surface area contributed by atoms with E-state index in [-0.39, 0.29) is 0 Å². The first-order chi connectivity index (χ1) is 8.58. The SMILES string of the molecule is CC(C)N1CCC(N[C@@H](C)c2ccccc2Cl)C1. The number of likely N-dealkylation sites (tertiary alicyclic amines) is 1. The lowest BCUT2D eigenvalue weighted by Gasteiger charge is -2.23. The van der Waals surface area contributed by atoms with Gasteiger partial charge in [-0.15, -0.1) is 0 Å². The first-order valence-corrected chi connectivity index (χ1v) is 7.20. The van der Waals surface area contributed by atoms with Crippen molar-refractivity contribution in [2.75, 3.05) is 13.1 Å². The van der Waals surface area contributed by atoms with E-state index in [0.717, 1.165) is 11.6 Å². The minimum atomic E-state index is 0.316. The van der Waals surface area contributed by atoms with Gasteiger partial charge >= 0.3 is 0 Å². The van der Waals surface area contributed by atoms with Crippen LogP contribution in [0.3, 0.4) is 0 Å². The second-order valence-corrected chi connectivity index (χ2v) is 5.89. The standard InChI is InChI=1S/C15H23ClN2/c1-11(2)18-9-8-13(10-18)17-12(3)14-6-4-5-7-15(14)16/h4-7,11-13,17H,8-10H2,1-3H3/t12-,13?/m0/s1. The molecule has 0 aliphatic carbocycles. The van der Waals surface area contributed by atoms with Gasteiger partial charge in [0.2, 0.25) is 0 Å². The predicted octanol–water partition coefficient (Wildman–Crippen LogP) is 3.47. The number of rotatable bonds is 4. The summed E-state index contributed by atoms with van der Waals surface area (Å²) in [5.74, 6) is 0. The molecular formula is C15H23ClN2. The Morgan fingerprint density at radius 3 is 2.61 bits per heavy atom. The van der Waals surface area contributed by atoms with Gasteiger partial charge in [-0.1, -0.05) is 29.8 Å². The number of halogens is 1. The first-order valence-electron chi connectivity index (χ1n) is 6.82. The maximum absolute atomic E-state index is 6.23. The van der Waals surface area contributed by atoms with E-state index in [0.29, 0.717) is 18.1 Å². The van der Waals surface area contributed by atoms with Gasteiger partial charge in [-0.05, 0) is 45.4 Å². The third-order valence-electron chi connectivity index (χ3n) is 3.81. The lowest BCUT2D eigenvalue weighted by atomic mass is 10.1. The maximum Gasteiger partial charge on any atom is 0.0453 e. The van der Waals surface area contributed by atoms with Crippen LogP contribution in [0.5, 0.6) is 0 Å². The summed E-state index contributed by atoms with van der Waals surface area (Å²) in [5.41, 5.74) is 1.20. The third-order valence-corrected chi connectivity index (χ3v) is 4.15. The second-order valence-electron chi connectivity index (χ2n) is 5.48. The van der Waals surface area contributed by atoms with Crippen molar-refractivity contribution in [1.29, 1.82) is 0 Å². The topological polar surface area (TPSA) is 15.3 Å². The number of hydrogen-bond donors (Lipinski definition) is 1. The summed E-state index contributed by atoms with van der Waals surface area (Å²) in [6.07, 6.45) is 1.23. The molecule has 1 fully saturated rings. The Bertz CT molecular complexity index is 392. The van der Waals surface area contributed by atoms with Crippen molar-refractivity contribution in [1.82, 2.24) is 10.2 Å². The highest BCUT2D eigenvalue weighted by atomic mass is 35.5. The summed E-state index contributed by atoms with van der Waals surface area (Å²) in [6.45, 7) is 9.07. The quantitative estimate of drug-likeness (QED) is 0.898. The van der Waals surface area contributed by atoms with Crippen LogP contribution in [0.25, 0.3) is 0 Å². The molecule has 2 atom stereocenters. The van der Waals surface area contributed by atoms with Crippen LogP contribution in [-0.4, -0.2) is 30.1 Å². The van der Waals surface area contributed by atoms with Crippen LogP contribution in [0, 0.1) is 0 Å². The van der Waals surface area contributed by atoms with Gasteiger partial charge in [0.15, 0.2) is 0 Å². The van der Waals surface area contributed by atoms with Crippen molar-refractivity contribution < 1.29 is 0 Å². The fraction of sp³-hybridized carbons (Fsp3) is 0.600. The summed E-state index contributed by atoms with van der Waals surface area (Å²) < 4.78 is 0. The summed E-state index contributed by atoms with van der Waals surface area (Å²) in [7, 11) is 0. The molecular weight excluding hydrogens is 244 g/mol. The Kier molecular flexibility index (Phi) is 4.66. The van der Waals surface area contributed by atoms with E-state index in [9.17, 15) is 0 Å². The summed E-state index contributed by atoms with van der Waals surface area (Å²) in [4.78, 5) is 2.52. The Labute approximate surface area is 115 Å². The van der Waals surface area contributed by atoms with Crippen LogP contribution >= 0.6 is 11.6 Å². The molecule has 2 nitrogen and oxygen atoms in total. The molecule has 100 valence electrons. The molecule has 18 heavy (non-hydrogen) atoms. The largest absolute Gasteiger partial charge is 0.306 e. The fourth-order valence-electron chi connectivity index (χ4n) is 2.66. The molecule has 1 heterocycles. The van der Waals surface area contributed by atoms with Crippen LogP contribution in [0.2, 0.25) is 5.02 Å². The van der Waals surface area contributed by atoms with Crippen molar-refractivity contribution in [3.05, 3.63) is 34.9 Å². The number of hydrogen-bond acceptors (Lipinski definition) is 2. The van der Waals surface area contributed by atoms with Crippen molar-refractivity contribution in [2.24, 2.45) is 0 Å². The molecule has 0 bridgehead atoms. The summed E-state index contributed by atoms with van der Waals surface area (Å²) in [6, 6.07) is 9.64. The molecule has 0 saturated carbocycles. The van der Waals surface area contributed by atoms with E-state index < -0.39 is 0 Å². The maximum atomic E-state index is 6.23. The fourth-order valence-corrected chi connectivity index (χ4v) is 2.96. The van der Waals surface area contributed by atoms with E-state index in [1.54, 1.807) is 0 Å². The smallest absolute Gasteiger partial charge is 0.0453 e. The molecule has 1 saturated heterocycles. The molecule has 1 N–H and O–H groups in total. The van der Waals surface area contributed by atoms with Gasteiger partial charge in [0.05, 0.1) is 0 Å². The normalized spacial score (nSPS) is 22.6. The minimum Gasteiger partial charge on any atom is -0.306 e. The highest BCUT2D eigenvalue weighted by Crippen LogP contribution is 2.24. The first kappa shape index (κ1) is 13.9. The second kappa shape index (κ2) is 6.05. The molecule has 1 aromatic rings. The third kappa shape index (κ3) is 3.25. The lowest BCUT2D eigenvalue weighted by molar-refractivity contribution is 0.266. The van der Waals surface area contributed by atoms with Crippen molar-refractivity contribution in [2.45, 2.75) is 45.3 Å².